The molecule has 2 aromatic rings. The van der Waals surface area contributed by atoms with Gasteiger partial charge in [0.05, 0.1) is 16.0 Å². The summed E-state index contributed by atoms with van der Waals surface area (Å²) in [6.45, 7) is 3.07. The quantitative estimate of drug-likeness (QED) is 0.458. The first-order valence-electron chi connectivity index (χ1n) is 8.98. The predicted molar refractivity (Wildman–Crippen MR) is 103 cm³/mol. The van der Waals surface area contributed by atoms with Crippen LogP contribution in [0.3, 0.4) is 0 Å². The third-order valence-corrected chi connectivity index (χ3v) is 6.31. The summed E-state index contributed by atoms with van der Waals surface area (Å²) in [5.41, 5.74) is -1.34. The molecular formula is C20H20F3NO5S. The number of Topliss-reactive ketones (excluding diaryl/α,β-unsaturated/α-hetero) is 1. The van der Waals surface area contributed by atoms with Crippen LogP contribution in [0.4, 0.5) is 13.2 Å². The van der Waals surface area contributed by atoms with E-state index in [-0.39, 0.29) is 29.1 Å². The maximum absolute atomic E-state index is 12.8. The molecule has 0 aromatic heterocycles. The molecule has 0 fully saturated rings. The maximum Gasteiger partial charge on any atom is 0.416 e. The van der Waals surface area contributed by atoms with Crippen molar-refractivity contribution >= 4 is 21.8 Å². The number of alkyl halides is 3. The van der Waals surface area contributed by atoms with E-state index in [0.29, 0.717) is 6.07 Å². The maximum atomic E-state index is 12.8. The van der Waals surface area contributed by atoms with Gasteiger partial charge in [-0.25, -0.2) is 13.2 Å². The Morgan fingerprint density at radius 2 is 1.57 bits per heavy atom. The SMILES string of the molecule is CCN(CC)S(=O)(=O)c1cccc(C(=O)OCC(=O)c2cccc(C(F)(F)F)c2)c1. The van der Waals surface area contributed by atoms with Crippen molar-refractivity contribution in [3.05, 3.63) is 65.2 Å². The molecule has 0 heterocycles. The molecule has 2 rings (SSSR count). The fourth-order valence-corrected chi connectivity index (χ4v) is 4.17. The fourth-order valence-electron chi connectivity index (χ4n) is 2.66. The number of halogens is 3. The number of esters is 1. The average molecular weight is 443 g/mol. The fraction of sp³-hybridized carbons (Fsp3) is 0.300. The molecule has 0 N–H and O–H groups in total. The van der Waals surface area contributed by atoms with E-state index in [9.17, 15) is 31.2 Å². The summed E-state index contributed by atoms with van der Waals surface area (Å²) < 4.78 is 69.5. The van der Waals surface area contributed by atoms with Crippen molar-refractivity contribution in [2.24, 2.45) is 0 Å². The summed E-state index contributed by atoms with van der Waals surface area (Å²) in [5, 5.41) is 0. The van der Waals surface area contributed by atoms with Gasteiger partial charge in [-0.05, 0) is 30.3 Å². The average Bonchev–Trinajstić information content (AvgIpc) is 2.72. The lowest BCUT2D eigenvalue weighted by Crippen LogP contribution is -2.30. The molecule has 0 aliphatic rings. The Labute approximate surface area is 172 Å². The zero-order valence-corrected chi connectivity index (χ0v) is 17.1. The summed E-state index contributed by atoms with van der Waals surface area (Å²) in [7, 11) is -3.80. The van der Waals surface area contributed by atoms with Crippen molar-refractivity contribution in [2.45, 2.75) is 24.9 Å². The van der Waals surface area contributed by atoms with E-state index in [0.717, 1.165) is 18.2 Å². The van der Waals surface area contributed by atoms with Gasteiger partial charge in [0.15, 0.2) is 12.4 Å². The number of hydrogen-bond acceptors (Lipinski definition) is 5. The number of ketones is 1. The Hall–Kier alpha value is -2.72. The molecule has 0 atom stereocenters. The van der Waals surface area contributed by atoms with E-state index < -0.39 is 40.1 Å². The Morgan fingerprint density at radius 1 is 0.967 bits per heavy atom. The number of sulfonamides is 1. The monoisotopic (exact) mass is 443 g/mol. The first kappa shape index (κ1) is 23.6. The third-order valence-electron chi connectivity index (χ3n) is 4.26. The number of nitrogens with zero attached hydrogens (tertiary/aromatic N) is 1. The molecule has 0 aliphatic carbocycles. The zero-order chi connectivity index (χ0) is 22.5. The molecular weight excluding hydrogens is 423 g/mol. The highest BCUT2D eigenvalue weighted by molar-refractivity contribution is 7.89. The minimum absolute atomic E-state index is 0.0972. The smallest absolute Gasteiger partial charge is 0.416 e. The van der Waals surface area contributed by atoms with Crippen molar-refractivity contribution < 1.29 is 35.9 Å². The largest absolute Gasteiger partial charge is 0.454 e. The summed E-state index contributed by atoms with van der Waals surface area (Å²) in [4.78, 5) is 24.2. The number of ether oxygens (including phenoxy) is 1. The Balaban J connectivity index is 2.13. The zero-order valence-electron chi connectivity index (χ0n) is 16.3. The molecule has 0 aliphatic heterocycles. The Kier molecular flexibility index (Phi) is 7.38. The molecule has 30 heavy (non-hydrogen) atoms. The van der Waals surface area contributed by atoms with Crippen LogP contribution in [-0.2, 0) is 20.9 Å². The molecule has 0 saturated heterocycles. The van der Waals surface area contributed by atoms with Crippen LogP contribution in [0, 0.1) is 0 Å². The van der Waals surface area contributed by atoms with Gasteiger partial charge in [0.2, 0.25) is 10.0 Å². The third kappa shape index (κ3) is 5.45. The molecule has 0 saturated carbocycles. The summed E-state index contributed by atoms with van der Waals surface area (Å²) in [6, 6.07) is 8.91. The van der Waals surface area contributed by atoms with E-state index in [1.54, 1.807) is 13.8 Å². The van der Waals surface area contributed by atoms with Crippen LogP contribution in [0.1, 0.15) is 40.1 Å². The second-order valence-corrected chi connectivity index (χ2v) is 8.13. The molecule has 0 amide bonds. The van der Waals surface area contributed by atoms with E-state index >= 15 is 0 Å². The lowest BCUT2D eigenvalue weighted by molar-refractivity contribution is -0.137. The van der Waals surface area contributed by atoms with Gasteiger partial charge in [0.25, 0.3) is 0 Å². The molecule has 0 spiro atoms. The number of benzene rings is 2. The van der Waals surface area contributed by atoms with Crippen molar-refractivity contribution in [1.29, 1.82) is 0 Å². The van der Waals surface area contributed by atoms with Crippen molar-refractivity contribution in [3.63, 3.8) is 0 Å². The minimum atomic E-state index is -4.61. The van der Waals surface area contributed by atoms with Gasteiger partial charge in [-0.3, -0.25) is 4.79 Å². The van der Waals surface area contributed by atoms with Crippen molar-refractivity contribution in [3.8, 4) is 0 Å². The van der Waals surface area contributed by atoms with Gasteiger partial charge in [0, 0.05) is 18.7 Å². The minimum Gasteiger partial charge on any atom is -0.454 e. The van der Waals surface area contributed by atoms with Gasteiger partial charge in [-0.15, -0.1) is 0 Å². The number of carbonyl (C=O) groups is 2. The van der Waals surface area contributed by atoms with Crippen LogP contribution < -0.4 is 0 Å². The van der Waals surface area contributed by atoms with Crippen molar-refractivity contribution in [1.82, 2.24) is 4.31 Å². The van der Waals surface area contributed by atoms with E-state index in [1.165, 1.54) is 28.6 Å². The van der Waals surface area contributed by atoms with Gasteiger partial charge >= 0.3 is 12.1 Å². The second kappa shape index (κ2) is 9.40. The summed E-state index contributed by atoms with van der Waals surface area (Å²) in [5.74, 6) is -1.78. The molecule has 2 aromatic carbocycles. The van der Waals surface area contributed by atoms with Crippen LogP contribution in [-0.4, -0.2) is 44.2 Å². The van der Waals surface area contributed by atoms with Crippen LogP contribution in [0.5, 0.6) is 0 Å². The van der Waals surface area contributed by atoms with Crippen LogP contribution in [0.25, 0.3) is 0 Å². The molecule has 0 radical (unpaired) electrons. The highest BCUT2D eigenvalue weighted by Crippen LogP contribution is 2.29. The first-order valence-corrected chi connectivity index (χ1v) is 10.4. The van der Waals surface area contributed by atoms with E-state index in [1.807, 2.05) is 0 Å². The second-order valence-electron chi connectivity index (χ2n) is 6.20. The van der Waals surface area contributed by atoms with Crippen LogP contribution in [0.2, 0.25) is 0 Å². The Bertz CT molecular complexity index is 1030. The molecule has 162 valence electrons. The predicted octanol–water partition coefficient (Wildman–Crippen LogP) is 3.78. The summed E-state index contributed by atoms with van der Waals surface area (Å²) >= 11 is 0. The van der Waals surface area contributed by atoms with Gasteiger partial charge in [0.1, 0.15) is 0 Å². The van der Waals surface area contributed by atoms with Gasteiger partial charge in [-0.1, -0.05) is 32.0 Å². The standard InChI is InChI=1S/C20H20F3NO5S/c1-3-24(4-2)30(27,28)17-10-6-8-15(12-17)19(26)29-13-18(25)14-7-5-9-16(11-14)20(21,22)23/h5-12H,3-4,13H2,1-2H3. The topological polar surface area (TPSA) is 80.8 Å². The highest BCUT2D eigenvalue weighted by Gasteiger charge is 2.31. The lowest BCUT2D eigenvalue weighted by Gasteiger charge is -2.18. The van der Waals surface area contributed by atoms with Gasteiger partial charge < -0.3 is 4.74 Å². The van der Waals surface area contributed by atoms with E-state index in [2.05, 4.69) is 0 Å². The molecule has 10 heteroatoms. The molecule has 0 bridgehead atoms. The van der Waals surface area contributed by atoms with E-state index in [4.69, 9.17) is 4.74 Å². The molecule has 0 unspecified atom stereocenters. The molecule has 6 nitrogen and oxygen atoms in total. The normalized spacial score (nSPS) is 12.1. The first-order chi connectivity index (χ1) is 14.0. The van der Waals surface area contributed by atoms with Crippen molar-refractivity contribution in [2.75, 3.05) is 19.7 Å². The highest BCUT2D eigenvalue weighted by atomic mass is 32.2. The van der Waals surface area contributed by atoms with Crippen LogP contribution >= 0.6 is 0 Å². The summed E-state index contributed by atoms with van der Waals surface area (Å²) in [6.07, 6.45) is -4.61. The van der Waals surface area contributed by atoms with Gasteiger partial charge in [-0.2, -0.15) is 17.5 Å². The Morgan fingerprint density at radius 3 is 2.17 bits per heavy atom. The number of carbonyl (C=O) groups excluding carboxylic acids is 2. The van der Waals surface area contributed by atoms with Crippen LogP contribution in [0.15, 0.2) is 53.4 Å². The lowest BCUT2D eigenvalue weighted by atomic mass is 10.1. The number of hydrogen-bond donors (Lipinski definition) is 0. The number of rotatable bonds is 8.